The lowest BCUT2D eigenvalue weighted by molar-refractivity contribution is 0.0859. The second kappa shape index (κ2) is 5.64. The van der Waals surface area contributed by atoms with Crippen LogP contribution in [0, 0.1) is 11.3 Å². The Bertz CT molecular complexity index is 702. The van der Waals surface area contributed by atoms with Gasteiger partial charge in [0.05, 0.1) is 0 Å². The van der Waals surface area contributed by atoms with Crippen LogP contribution in [0.15, 0.2) is 36.4 Å². The Labute approximate surface area is 131 Å². The average Bonchev–Trinajstić information content (AvgIpc) is 2.41. The lowest BCUT2D eigenvalue weighted by Crippen LogP contribution is -2.41. The summed E-state index contributed by atoms with van der Waals surface area (Å²) in [5.74, 6) is 0.900. The second-order valence-electron chi connectivity index (χ2n) is 7.01. The van der Waals surface area contributed by atoms with Crippen LogP contribution in [0.1, 0.15) is 43.5 Å². The number of nitrogens with one attached hydrogen (secondary N) is 1. The summed E-state index contributed by atoms with van der Waals surface area (Å²) in [4.78, 5) is 12.5. The van der Waals surface area contributed by atoms with Gasteiger partial charge in [-0.25, -0.2) is 0 Å². The molecule has 1 fully saturated rings. The summed E-state index contributed by atoms with van der Waals surface area (Å²) in [5.41, 5.74) is 0.818. The topological polar surface area (TPSA) is 49.3 Å². The van der Waals surface area contributed by atoms with Crippen LogP contribution in [-0.4, -0.2) is 17.6 Å². The fraction of sp³-hybridized carbons (Fsp3) is 0.421. The molecule has 1 amide bonds. The highest BCUT2D eigenvalue weighted by molar-refractivity contribution is 6.07. The van der Waals surface area contributed by atoms with Crippen LogP contribution < -0.4 is 5.32 Å². The molecule has 0 unspecified atom stereocenters. The van der Waals surface area contributed by atoms with Crippen LogP contribution in [0.3, 0.4) is 0 Å². The Morgan fingerprint density at radius 3 is 2.73 bits per heavy atom. The van der Waals surface area contributed by atoms with E-state index in [0.29, 0.717) is 12.1 Å². The van der Waals surface area contributed by atoms with Gasteiger partial charge in [0.25, 0.3) is 5.91 Å². The molecule has 116 valence electrons. The molecule has 1 saturated carbocycles. The van der Waals surface area contributed by atoms with Gasteiger partial charge in [-0.3, -0.25) is 4.79 Å². The molecule has 0 spiro atoms. The van der Waals surface area contributed by atoms with Gasteiger partial charge in [0.2, 0.25) is 0 Å². The first-order valence-electron chi connectivity index (χ1n) is 7.97. The molecule has 0 atom stereocenters. The molecular weight excluding hydrogens is 274 g/mol. The number of carbonyl (C=O) groups is 1. The normalized spacial score (nSPS) is 15.5. The summed E-state index contributed by atoms with van der Waals surface area (Å²) in [5, 5.41) is 14.4. The quantitative estimate of drug-likeness (QED) is 0.892. The molecule has 3 rings (SSSR count). The van der Waals surface area contributed by atoms with E-state index in [4.69, 9.17) is 0 Å². The summed E-state index contributed by atoms with van der Waals surface area (Å²) in [6.45, 7) is 5.17. The highest BCUT2D eigenvalue weighted by Crippen LogP contribution is 2.41. The van der Waals surface area contributed by atoms with E-state index in [2.05, 4.69) is 19.2 Å². The van der Waals surface area contributed by atoms with Gasteiger partial charge in [0.15, 0.2) is 0 Å². The van der Waals surface area contributed by atoms with Crippen molar-refractivity contribution in [2.45, 2.75) is 33.1 Å². The molecule has 0 bridgehead atoms. The maximum atomic E-state index is 12.5. The van der Waals surface area contributed by atoms with Gasteiger partial charge in [0.1, 0.15) is 5.75 Å². The van der Waals surface area contributed by atoms with Crippen molar-refractivity contribution in [2.24, 2.45) is 11.3 Å². The first kappa shape index (κ1) is 14.9. The molecule has 2 N–H and O–H groups in total. The van der Waals surface area contributed by atoms with E-state index in [9.17, 15) is 9.90 Å². The van der Waals surface area contributed by atoms with Crippen LogP contribution >= 0.6 is 0 Å². The monoisotopic (exact) mass is 297 g/mol. The minimum atomic E-state index is -0.0383. The minimum Gasteiger partial charge on any atom is -0.508 e. The molecule has 2 aromatic rings. The zero-order valence-electron chi connectivity index (χ0n) is 13.2. The Morgan fingerprint density at radius 1 is 1.27 bits per heavy atom. The van der Waals surface area contributed by atoms with Gasteiger partial charge < -0.3 is 10.4 Å². The lowest BCUT2D eigenvalue weighted by Gasteiger charge is -2.40. The van der Waals surface area contributed by atoms with Crippen molar-refractivity contribution in [1.29, 1.82) is 0 Å². The zero-order valence-corrected chi connectivity index (χ0v) is 13.2. The fourth-order valence-electron chi connectivity index (χ4n) is 3.21. The molecule has 0 heterocycles. The standard InChI is InChI=1S/C19H23NO2/c1-19(2,14-6-4-7-14)12-20-18(22)17-8-3-5-13-11-15(21)9-10-16(13)17/h3,5,8-11,14,21H,4,6-7,12H2,1-2H3,(H,20,22). The van der Waals surface area contributed by atoms with Gasteiger partial charge >= 0.3 is 0 Å². The van der Waals surface area contributed by atoms with Crippen LogP contribution in [0.25, 0.3) is 10.8 Å². The number of benzene rings is 2. The molecule has 0 aromatic heterocycles. The van der Waals surface area contributed by atoms with Crippen molar-refractivity contribution in [3.63, 3.8) is 0 Å². The third-order valence-corrected chi connectivity index (χ3v) is 5.02. The molecular formula is C19H23NO2. The van der Waals surface area contributed by atoms with E-state index in [1.165, 1.54) is 19.3 Å². The summed E-state index contributed by atoms with van der Waals surface area (Å²) in [6, 6.07) is 10.7. The highest BCUT2D eigenvalue weighted by atomic mass is 16.3. The highest BCUT2D eigenvalue weighted by Gasteiger charge is 2.34. The van der Waals surface area contributed by atoms with Crippen molar-refractivity contribution in [2.75, 3.05) is 6.54 Å². The maximum absolute atomic E-state index is 12.5. The SMILES string of the molecule is CC(C)(CNC(=O)c1cccc2cc(O)ccc12)C1CCC1. The summed E-state index contributed by atoms with van der Waals surface area (Å²) in [7, 11) is 0. The number of fused-ring (bicyclic) bond motifs is 1. The predicted octanol–water partition coefficient (Wildman–Crippen LogP) is 4.10. The van der Waals surface area contributed by atoms with E-state index in [-0.39, 0.29) is 17.1 Å². The van der Waals surface area contributed by atoms with Crippen molar-refractivity contribution < 1.29 is 9.90 Å². The number of aromatic hydroxyl groups is 1. The minimum absolute atomic E-state index is 0.0383. The van der Waals surface area contributed by atoms with Crippen LogP contribution in [-0.2, 0) is 0 Å². The van der Waals surface area contributed by atoms with Crippen LogP contribution in [0.4, 0.5) is 0 Å². The summed E-state index contributed by atoms with van der Waals surface area (Å²) >= 11 is 0. The molecule has 1 aliphatic carbocycles. The third kappa shape index (κ3) is 2.80. The number of carbonyl (C=O) groups excluding carboxylic acids is 1. The molecule has 22 heavy (non-hydrogen) atoms. The van der Waals surface area contributed by atoms with E-state index in [1.54, 1.807) is 18.2 Å². The number of hydrogen-bond acceptors (Lipinski definition) is 2. The molecule has 2 aromatic carbocycles. The summed E-state index contributed by atoms with van der Waals surface area (Å²) in [6.07, 6.45) is 3.86. The van der Waals surface area contributed by atoms with Crippen molar-refractivity contribution >= 4 is 16.7 Å². The molecule has 3 heteroatoms. The fourth-order valence-corrected chi connectivity index (χ4v) is 3.21. The van der Waals surface area contributed by atoms with E-state index >= 15 is 0 Å². The number of rotatable bonds is 4. The predicted molar refractivity (Wildman–Crippen MR) is 89.1 cm³/mol. The van der Waals surface area contributed by atoms with Crippen molar-refractivity contribution in [1.82, 2.24) is 5.32 Å². The first-order valence-corrected chi connectivity index (χ1v) is 7.97. The number of phenolic OH excluding ortho intramolecular Hbond substituents is 1. The molecule has 0 saturated heterocycles. The van der Waals surface area contributed by atoms with E-state index in [1.807, 2.05) is 18.2 Å². The Morgan fingerprint density at radius 2 is 2.05 bits per heavy atom. The second-order valence-corrected chi connectivity index (χ2v) is 7.01. The third-order valence-electron chi connectivity index (χ3n) is 5.02. The first-order chi connectivity index (χ1) is 10.5. The van der Waals surface area contributed by atoms with Gasteiger partial charge in [-0.15, -0.1) is 0 Å². The summed E-state index contributed by atoms with van der Waals surface area (Å²) < 4.78 is 0. The van der Waals surface area contributed by atoms with Gasteiger partial charge in [0, 0.05) is 12.1 Å². The molecule has 3 nitrogen and oxygen atoms in total. The van der Waals surface area contributed by atoms with Crippen LogP contribution in [0.5, 0.6) is 5.75 Å². The van der Waals surface area contributed by atoms with Gasteiger partial charge in [-0.2, -0.15) is 0 Å². The van der Waals surface area contributed by atoms with Crippen molar-refractivity contribution in [3.05, 3.63) is 42.0 Å². The van der Waals surface area contributed by atoms with E-state index in [0.717, 1.165) is 16.7 Å². The molecule has 1 aliphatic rings. The lowest BCUT2D eigenvalue weighted by atomic mass is 9.67. The molecule has 0 aliphatic heterocycles. The Hall–Kier alpha value is -2.03. The maximum Gasteiger partial charge on any atom is 0.251 e. The van der Waals surface area contributed by atoms with Gasteiger partial charge in [-0.05, 0) is 59.2 Å². The number of amides is 1. The Balaban J connectivity index is 1.77. The van der Waals surface area contributed by atoms with Crippen molar-refractivity contribution in [3.8, 4) is 5.75 Å². The molecule has 0 radical (unpaired) electrons. The van der Waals surface area contributed by atoms with E-state index < -0.39 is 0 Å². The largest absolute Gasteiger partial charge is 0.508 e. The number of hydrogen-bond donors (Lipinski definition) is 2. The number of phenols is 1. The van der Waals surface area contributed by atoms with Gasteiger partial charge in [-0.1, -0.05) is 32.4 Å². The zero-order chi connectivity index (χ0) is 15.7. The average molecular weight is 297 g/mol. The Kier molecular flexibility index (Phi) is 3.81. The van der Waals surface area contributed by atoms with Crippen LogP contribution in [0.2, 0.25) is 0 Å². The smallest absolute Gasteiger partial charge is 0.251 e.